The topological polar surface area (TPSA) is 108 Å². The number of thioether (sulfide) groups is 1. The Morgan fingerprint density at radius 3 is 2.52 bits per heavy atom. The Morgan fingerprint density at radius 1 is 1.22 bits per heavy atom. The van der Waals surface area contributed by atoms with Crippen molar-refractivity contribution < 1.29 is 23.9 Å². The zero-order valence-corrected chi connectivity index (χ0v) is 13.6. The smallest absolute Gasteiger partial charge is 0.329 e. The molecule has 0 aliphatic carbocycles. The first-order chi connectivity index (χ1) is 11.0. The van der Waals surface area contributed by atoms with Crippen molar-refractivity contribution in [2.75, 3.05) is 25.2 Å². The van der Waals surface area contributed by atoms with Crippen LogP contribution in [0.3, 0.4) is 0 Å². The van der Waals surface area contributed by atoms with Crippen molar-refractivity contribution in [1.29, 1.82) is 0 Å². The number of benzene rings is 1. The summed E-state index contributed by atoms with van der Waals surface area (Å²) >= 11 is 1.53. The molecule has 0 aliphatic rings. The van der Waals surface area contributed by atoms with E-state index in [1.165, 1.54) is 11.8 Å². The molecule has 0 aromatic heterocycles. The molecule has 0 saturated carbocycles. The second-order valence-electron chi connectivity index (χ2n) is 4.58. The lowest BCUT2D eigenvalue weighted by atomic mass is 10.2. The van der Waals surface area contributed by atoms with Gasteiger partial charge in [-0.05, 0) is 30.6 Å². The largest absolute Gasteiger partial charge is 0.484 e. The van der Waals surface area contributed by atoms with Crippen LogP contribution in [-0.4, -0.2) is 49.0 Å². The highest BCUT2D eigenvalue weighted by Crippen LogP contribution is 2.08. The van der Waals surface area contributed by atoms with E-state index in [1.54, 1.807) is 24.3 Å². The molecule has 23 heavy (non-hydrogen) atoms. The zero-order chi connectivity index (χ0) is 17.1. The van der Waals surface area contributed by atoms with Crippen LogP contribution >= 0.6 is 11.8 Å². The summed E-state index contributed by atoms with van der Waals surface area (Å²) in [5.41, 5.74) is 4.93. The minimum absolute atomic E-state index is 0.219. The highest BCUT2D eigenvalue weighted by Gasteiger charge is 2.22. The van der Waals surface area contributed by atoms with Crippen LogP contribution in [0.2, 0.25) is 0 Å². The molecule has 0 aliphatic heterocycles. The Kier molecular flexibility index (Phi) is 8.59. The first-order valence-corrected chi connectivity index (χ1v) is 8.33. The van der Waals surface area contributed by atoms with Gasteiger partial charge in [-0.15, -0.1) is 0 Å². The third kappa shape index (κ3) is 8.10. The van der Waals surface area contributed by atoms with Gasteiger partial charge in [0.2, 0.25) is 0 Å². The number of carbonyl (C=O) groups excluding carboxylic acids is 3. The fourth-order valence-corrected chi connectivity index (χ4v) is 2.10. The van der Waals surface area contributed by atoms with Crippen LogP contribution in [0, 0.1) is 0 Å². The van der Waals surface area contributed by atoms with Crippen molar-refractivity contribution in [2.45, 2.75) is 12.5 Å². The van der Waals surface area contributed by atoms with E-state index in [2.05, 4.69) is 5.32 Å². The van der Waals surface area contributed by atoms with Crippen LogP contribution in [0.1, 0.15) is 6.42 Å². The predicted octanol–water partition coefficient (Wildman–Crippen LogP) is 0.332. The Morgan fingerprint density at radius 2 is 1.91 bits per heavy atom. The van der Waals surface area contributed by atoms with Crippen LogP contribution in [-0.2, 0) is 19.1 Å². The molecule has 0 heterocycles. The number of para-hydroxylation sites is 1. The lowest BCUT2D eigenvalue weighted by molar-refractivity contribution is -0.151. The second-order valence-corrected chi connectivity index (χ2v) is 5.56. The van der Waals surface area contributed by atoms with Crippen LogP contribution in [0.25, 0.3) is 0 Å². The first kappa shape index (κ1) is 18.8. The average Bonchev–Trinajstić information content (AvgIpc) is 2.55. The van der Waals surface area contributed by atoms with Crippen molar-refractivity contribution in [3.63, 3.8) is 0 Å². The quantitative estimate of drug-likeness (QED) is 0.594. The SMILES string of the molecule is CSCC[C@H](NC(=O)COc1ccccc1)C(=O)OCC(N)=O. The van der Waals surface area contributed by atoms with Gasteiger partial charge in [0.15, 0.2) is 13.2 Å². The maximum atomic E-state index is 11.9. The minimum atomic E-state index is -0.839. The molecular formula is C15H20N2O5S. The summed E-state index contributed by atoms with van der Waals surface area (Å²) in [6.45, 7) is -0.728. The summed E-state index contributed by atoms with van der Waals surface area (Å²) in [5, 5.41) is 2.54. The van der Waals surface area contributed by atoms with Gasteiger partial charge in [0.1, 0.15) is 11.8 Å². The molecule has 0 saturated heterocycles. The number of carbonyl (C=O) groups is 3. The number of rotatable bonds is 10. The number of hydrogen-bond acceptors (Lipinski definition) is 6. The van der Waals surface area contributed by atoms with E-state index in [9.17, 15) is 14.4 Å². The fraction of sp³-hybridized carbons (Fsp3) is 0.400. The van der Waals surface area contributed by atoms with Crippen molar-refractivity contribution in [3.8, 4) is 5.75 Å². The van der Waals surface area contributed by atoms with E-state index >= 15 is 0 Å². The van der Waals surface area contributed by atoms with Crippen LogP contribution in [0.4, 0.5) is 0 Å². The first-order valence-electron chi connectivity index (χ1n) is 6.94. The molecule has 7 nitrogen and oxygen atoms in total. The summed E-state index contributed by atoms with van der Waals surface area (Å²) in [4.78, 5) is 34.4. The van der Waals surface area contributed by atoms with Crippen LogP contribution in [0.15, 0.2) is 30.3 Å². The number of nitrogens with one attached hydrogen (secondary N) is 1. The number of esters is 1. The number of ether oxygens (including phenoxy) is 2. The lowest BCUT2D eigenvalue weighted by Crippen LogP contribution is -2.44. The molecule has 0 fully saturated rings. The van der Waals surface area contributed by atoms with E-state index in [1.807, 2.05) is 12.3 Å². The third-order valence-corrected chi connectivity index (χ3v) is 3.34. The van der Waals surface area contributed by atoms with Crippen LogP contribution in [0.5, 0.6) is 5.75 Å². The summed E-state index contributed by atoms with van der Waals surface area (Å²) in [7, 11) is 0. The van der Waals surface area contributed by atoms with E-state index in [0.29, 0.717) is 17.9 Å². The zero-order valence-electron chi connectivity index (χ0n) is 12.8. The third-order valence-electron chi connectivity index (χ3n) is 2.70. The Labute approximate surface area is 138 Å². The molecule has 1 aromatic carbocycles. The summed E-state index contributed by atoms with van der Waals surface area (Å²) in [5.74, 6) is -0.682. The summed E-state index contributed by atoms with van der Waals surface area (Å²) < 4.78 is 10.1. The molecule has 1 rings (SSSR count). The Bertz CT molecular complexity index is 524. The molecule has 2 amide bonds. The summed E-state index contributed by atoms with van der Waals surface area (Å²) in [6.07, 6.45) is 2.27. The standard InChI is InChI=1S/C15H20N2O5S/c1-23-8-7-12(15(20)22-9-13(16)18)17-14(19)10-21-11-5-3-2-4-6-11/h2-6,12H,7-10H2,1H3,(H2,16,18)(H,17,19)/t12-/m0/s1. The predicted molar refractivity (Wildman–Crippen MR) is 87.0 cm³/mol. The summed E-state index contributed by atoms with van der Waals surface area (Å²) in [6, 6.07) is 8.01. The molecule has 0 unspecified atom stereocenters. The van der Waals surface area contributed by atoms with Gasteiger partial charge in [-0.1, -0.05) is 18.2 Å². The van der Waals surface area contributed by atoms with Crippen molar-refractivity contribution in [1.82, 2.24) is 5.32 Å². The second kappa shape index (κ2) is 10.5. The molecule has 0 bridgehead atoms. The van der Waals surface area contributed by atoms with Gasteiger partial charge in [0, 0.05) is 0 Å². The monoisotopic (exact) mass is 340 g/mol. The number of nitrogens with two attached hydrogens (primary N) is 1. The van der Waals surface area contributed by atoms with Gasteiger partial charge >= 0.3 is 5.97 Å². The molecule has 0 radical (unpaired) electrons. The molecule has 1 aromatic rings. The average molecular weight is 340 g/mol. The Hall–Kier alpha value is -2.22. The van der Waals surface area contributed by atoms with Crippen molar-refractivity contribution >= 4 is 29.5 Å². The fourth-order valence-electron chi connectivity index (χ4n) is 1.63. The van der Waals surface area contributed by atoms with Crippen molar-refractivity contribution in [3.05, 3.63) is 30.3 Å². The number of amides is 2. The van der Waals surface area contributed by atoms with Gasteiger partial charge in [0.25, 0.3) is 11.8 Å². The van der Waals surface area contributed by atoms with E-state index < -0.39 is 30.4 Å². The highest BCUT2D eigenvalue weighted by atomic mass is 32.2. The maximum Gasteiger partial charge on any atom is 0.329 e. The normalized spacial score (nSPS) is 11.3. The molecular weight excluding hydrogens is 320 g/mol. The van der Waals surface area contributed by atoms with E-state index in [-0.39, 0.29) is 6.61 Å². The lowest BCUT2D eigenvalue weighted by Gasteiger charge is -2.17. The highest BCUT2D eigenvalue weighted by molar-refractivity contribution is 7.98. The van der Waals surface area contributed by atoms with Gasteiger partial charge in [-0.2, -0.15) is 11.8 Å². The molecule has 3 N–H and O–H groups in total. The maximum absolute atomic E-state index is 11.9. The minimum Gasteiger partial charge on any atom is -0.484 e. The van der Waals surface area contributed by atoms with Gasteiger partial charge < -0.3 is 20.5 Å². The van der Waals surface area contributed by atoms with Crippen molar-refractivity contribution in [2.24, 2.45) is 5.73 Å². The Balaban J connectivity index is 2.49. The van der Waals surface area contributed by atoms with Crippen LogP contribution < -0.4 is 15.8 Å². The van der Waals surface area contributed by atoms with E-state index in [0.717, 1.165) is 0 Å². The molecule has 0 spiro atoms. The van der Waals surface area contributed by atoms with E-state index in [4.69, 9.17) is 15.2 Å². The van der Waals surface area contributed by atoms with Gasteiger partial charge in [-0.25, -0.2) is 4.79 Å². The van der Waals surface area contributed by atoms with Gasteiger partial charge in [0.05, 0.1) is 0 Å². The number of primary amides is 1. The molecule has 1 atom stereocenters. The molecule has 126 valence electrons. The van der Waals surface area contributed by atoms with Gasteiger partial charge in [-0.3, -0.25) is 9.59 Å². The number of hydrogen-bond donors (Lipinski definition) is 2. The molecule has 8 heteroatoms.